The zero-order valence-corrected chi connectivity index (χ0v) is 16.4. The van der Waals surface area contributed by atoms with Gasteiger partial charge in [-0.3, -0.25) is 0 Å². The minimum absolute atomic E-state index is 0.366. The van der Waals surface area contributed by atoms with Crippen molar-refractivity contribution < 1.29 is 0 Å². The number of hydrogen-bond acceptors (Lipinski definition) is 7. The van der Waals surface area contributed by atoms with E-state index in [1.807, 2.05) is 13.0 Å². The Balaban J connectivity index is 1.30. The molecule has 2 aliphatic rings. The molecule has 0 radical (unpaired) electrons. The monoisotopic (exact) mass is 387 g/mol. The number of aromatic nitrogens is 4. The summed E-state index contributed by atoms with van der Waals surface area (Å²) in [5, 5.41) is 0.445. The molecule has 2 aromatic heterocycles. The average Bonchev–Trinajstić information content (AvgIpc) is 2.68. The van der Waals surface area contributed by atoms with E-state index in [4.69, 9.17) is 17.3 Å². The summed E-state index contributed by atoms with van der Waals surface area (Å²) in [6, 6.07) is 2.03. The van der Waals surface area contributed by atoms with E-state index in [0.29, 0.717) is 11.1 Å². The van der Waals surface area contributed by atoms with E-state index >= 15 is 0 Å². The third kappa shape index (κ3) is 4.24. The first kappa shape index (κ1) is 18.2. The van der Waals surface area contributed by atoms with Gasteiger partial charge in [-0.25, -0.2) is 15.0 Å². The summed E-state index contributed by atoms with van der Waals surface area (Å²) in [5.41, 5.74) is 6.74. The molecule has 2 aliphatic heterocycles. The van der Waals surface area contributed by atoms with Crippen molar-refractivity contribution in [1.29, 1.82) is 0 Å². The van der Waals surface area contributed by atoms with Crippen LogP contribution >= 0.6 is 11.6 Å². The van der Waals surface area contributed by atoms with E-state index in [1.54, 1.807) is 12.4 Å². The number of rotatable bonds is 3. The van der Waals surface area contributed by atoms with Crippen molar-refractivity contribution in [1.82, 2.24) is 19.9 Å². The van der Waals surface area contributed by atoms with Crippen molar-refractivity contribution in [3.63, 3.8) is 0 Å². The molecule has 4 heterocycles. The third-order valence-corrected chi connectivity index (χ3v) is 6.05. The van der Waals surface area contributed by atoms with Crippen LogP contribution in [0.15, 0.2) is 18.5 Å². The lowest BCUT2D eigenvalue weighted by Gasteiger charge is -2.40. The Morgan fingerprint density at radius 1 is 0.889 bits per heavy atom. The van der Waals surface area contributed by atoms with E-state index in [9.17, 15) is 0 Å². The third-order valence-electron chi connectivity index (χ3n) is 5.86. The lowest BCUT2D eigenvalue weighted by molar-refractivity contribution is 0.232. The number of aryl methyl sites for hydroxylation is 1. The summed E-state index contributed by atoms with van der Waals surface area (Å²) < 4.78 is 0. The van der Waals surface area contributed by atoms with Gasteiger partial charge in [0.25, 0.3) is 0 Å². The highest BCUT2D eigenvalue weighted by Crippen LogP contribution is 2.34. The molecular weight excluding hydrogens is 362 g/mol. The van der Waals surface area contributed by atoms with Crippen LogP contribution in [-0.4, -0.2) is 46.1 Å². The fourth-order valence-electron chi connectivity index (χ4n) is 4.41. The second-order valence-corrected chi connectivity index (χ2v) is 7.96. The molecule has 27 heavy (non-hydrogen) atoms. The molecule has 8 heteroatoms. The van der Waals surface area contributed by atoms with Crippen LogP contribution in [-0.2, 0) is 0 Å². The fraction of sp³-hybridized carbons (Fsp3) is 0.579. The van der Waals surface area contributed by atoms with Gasteiger partial charge in [0.2, 0.25) is 5.95 Å². The molecular formula is C19H26ClN7. The average molecular weight is 388 g/mol. The largest absolute Gasteiger partial charge is 0.368 e. The molecule has 0 amide bonds. The maximum absolute atomic E-state index is 5.84. The Kier molecular flexibility index (Phi) is 5.29. The summed E-state index contributed by atoms with van der Waals surface area (Å²) in [4.78, 5) is 21.8. The zero-order chi connectivity index (χ0) is 18.8. The number of nitrogens with zero attached hydrogens (tertiary/aromatic N) is 6. The molecule has 0 atom stereocenters. The molecule has 2 N–H and O–H groups in total. The van der Waals surface area contributed by atoms with Crippen molar-refractivity contribution in [2.75, 3.05) is 41.7 Å². The Morgan fingerprint density at radius 2 is 1.48 bits per heavy atom. The minimum atomic E-state index is 0.366. The van der Waals surface area contributed by atoms with Gasteiger partial charge in [-0.1, -0.05) is 11.6 Å². The van der Waals surface area contributed by atoms with Gasteiger partial charge < -0.3 is 15.5 Å². The molecule has 0 saturated carbocycles. The van der Waals surface area contributed by atoms with Crippen LogP contribution in [0.5, 0.6) is 0 Å². The predicted molar refractivity (Wildman–Crippen MR) is 108 cm³/mol. The van der Waals surface area contributed by atoms with Crippen LogP contribution in [0.3, 0.4) is 0 Å². The molecule has 0 spiro atoms. The summed E-state index contributed by atoms with van der Waals surface area (Å²) in [6.45, 7) is 6.14. The standard InChI is InChI=1S/C19H26ClN7/c1-13-10-17(25-19(21)24-13)26-6-2-14(3-7-26)15-4-8-27(9-5-15)18-12-22-16(20)11-23-18/h10-12,14-15H,2-9H2,1H3,(H2,21,24,25). The second-order valence-electron chi connectivity index (χ2n) is 7.57. The molecule has 2 fully saturated rings. The van der Waals surface area contributed by atoms with Crippen molar-refractivity contribution in [3.8, 4) is 0 Å². The van der Waals surface area contributed by atoms with Crippen LogP contribution < -0.4 is 15.5 Å². The van der Waals surface area contributed by atoms with Crippen LogP contribution in [0.25, 0.3) is 0 Å². The van der Waals surface area contributed by atoms with Crippen molar-refractivity contribution in [2.45, 2.75) is 32.6 Å². The zero-order valence-electron chi connectivity index (χ0n) is 15.7. The lowest BCUT2D eigenvalue weighted by Crippen LogP contribution is -2.41. The Morgan fingerprint density at radius 3 is 2.00 bits per heavy atom. The van der Waals surface area contributed by atoms with Crippen LogP contribution in [0.4, 0.5) is 17.6 Å². The summed E-state index contributed by atoms with van der Waals surface area (Å²) in [7, 11) is 0. The van der Waals surface area contributed by atoms with Gasteiger partial charge >= 0.3 is 0 Å². The van der Waals surface area contributed by atoms with E-state index in [-0.39, 0.29) is 0 Å². The van der Waals surface area contributed by atoms with Crippen LogP contribution in [0.1, 0.15) is 31.4 Å². The quantitative estimate of drug-likeness (QED) is 0.866. The first-order valence-corrected chi connectivity index (χ1v) is 10.0. The number of piperidine rings is 2. The summed E-state index contributed by atoms with van der Waals surface area (Å²) in [6.07, 6.45) is 8.27. The normalized spacial score (nSPS) is 19.5. The first-order valence-electron chi connectivity index (χ1n) is 9.67. The topological polar surface area (TPSA) is 84.1 Å². The molecule has 144 valence electrons. The molecule has 2 aromatic rings. The molecule has 0 aliphatic carbocycles. The van der Waals surface area contributed by atoms with Gasteiger partial charge in [0.15, 0.2) is 0 Å². The second kappa shape index (κ2) is 7.84. The first-order chi connectivity index (χ1) is 13.1. The SMILES string of the molecule is Cc1cc(N2CCC(C3CCN(c4cnc(Cl)cn4)CC3)CC2)nc(N)n1. The predicted octanol–water partition coefficient (Wildman–Crippen LogP) is 2.94. The highest BCUT2D eigenvalue weighted by atomic mass is 35.5. The molecule has 0 aromatic carbocycles. The number of hydrogen-bond donors (Lipinski definition) is 1. The van der Waals surface area contributed by atoms with Gasteiger partial charge in [-0.05, 0) is 44.4 Å². The molecule has 0 unspecified atom stereocenters. The van der Waals surface area contributed by atoms with E-state index in [2.05, 4.69) is 29.7 Å². The smallest absolute Gasteiger partial charge is 0.222 e. The molecule has 0 bridgehead atoms. The Hall–Kier alpha value is -2.15. The summed E-state index contributed by atoms with van der Waals surface area (Å²) in [5.74, 6) is 3.85. The minimum Gasteiger partial charge on any atom is -0.368 e. The maximum atomic E-state index is 5.84. The lowest BCUT2D eigenvalue weighted by atomic mass is 9.79. The summed E-state index contributed by atoms with van der Waals surface area (Å²) >= 11 is 5.84. The number of anilines is 3. The number of nitrogen functional groups attached to an aromatic ring is 1. The van der Waals surface area contributed by atoms with Gasteiger partial charge in [0.1, 0.15) is 16.8 Å². The highest BCUT2D eigenvalue weighted by Gasteiger charge is 2.30. The van der Waals surface area contributed by atoms with Crippen molar-refractivity contribution >= 4 is 29.2 Å². The van der Waals surface area contributed by atoms with E-state index in [0.717, 1.165) is 55.3 Å². The van der Waals surface area contributed by atoms with Gasteiger partial charge in [0, 0.05) is 37.9 Å². The van der Waals surface area contributed by atoms with Gasteiger partial charge in [0.05, 0.1) is 12.4 Å². The van der Waals surface area contributed by atoms with Crippen molar-refractivity contribution in [3.05, 3.63) is 29.3 Å². The molecule has 7 nitrogen and oxygen atoms in total. The van der Waals surface area contributed by atoms with Crippen LogP contribution in [0, 0.1) is 18.8 Å². The number of nitrogens with two attached hydrogens (primary N) is 1. The van der Waals surface area contributed by atoms with Crippen molar-refractivity contribution in [2.24, 2.45) is 11.8 Å². The Bertz CT molecular complexity index is 746. The highest BCUT2D eigenvalue weighted by molar-refractivity contribution is 6.29. The Labute approximate surface area is 165 Å². The van der Waals surface area contributed by atoms with E-state index in [1.165, 1.54) is 25.7 Å². The fourth-order valence-corrected chi connectivity index (χ4v) is 4.50. The van der Waals surface area contributed by atoms with Crippen LogP contribution in [0.2, 0.25) is 5.15 Å². The van der Waals surface area contributed by atoms with E-state index < -0.39 is 0 Å². The maximum Gasteiger partial charge on any atom is 0.222 e. The van der Waals surface area contributed by atoms with Gasteiger partial charge in [-0.2, -0.15) is 4.98 Å². The molecule has 4 rings (SSSR count). The van der Waals surface area contributed by atoms with Gasteiger partial charge in [-0.15, -0.1) is 0 Å². The molecule has 2 saturated heterocycles. The number of halogens is 1.